The molecule has 1 amide bonds. The van der Waals surface area contributed by atoms with Crippen LogP contribution in [0.15, 0.2) is 35.2 Å². The van der Waals surface area contributed by atoms with Gasteiger partial charge in [-0.15, -0.1) is 0 Å². The molecule has 16 heavy (non-hydrogen) atoms. The summed E-state index contributed by atoms with van der Waals surface area (Å²) in [4.78, 5) is 11.1. The van der Waals surface area contributed by atoms with Gasteiger partial charge >= 0.3 is 0 Å². The van der Waals surface area contributed by atoms with Crippen molar-refractivity contribution in [2.75, 3.05) is 7.05 Å². The minimum atomic E-state index is -3.65. The Labute approximate surface area is 94.9 Å². The zero-order chi connectivity index (χ0) is 12.3. The maximum absolute atomic E-state index is 12.0. The van der Waals surface area contributed by atoms with E-state index < -0.39 is 22.0 Å². The molecular weight excluding hydrogens is 228 g/mol. The number of benzene rings is 1. The summed E-state index contributed by atoms with van der Waals surface area (Å²) in [5.41, 5.74) is 5.07. The lowest BCUT2D eigenvalue weighted by molar-refractivity contribution is -0.120. The SMILES string of the molecule is C[C@@H](C(N)=O)N(C)S(=O)(=O)c1ccccc1. The predicted octanol–water partition coefficient (Wildman–Crippen LogP) is 0.181. The quantitative estimate of drug-likeness (QED) is 0.818. The fourth-order valence-electron chi connectivity index (χ4n) is 1.15. The monoisotopic (exact) mass is 242 g/mol. The summed E-state index contributed by atoms with van der Waals surface area (Å²) in [6.07, 6.45) is 0. The van der Waals surface area contributed by atoms with Crippen molar-refractivity contribution in [1.29, 1.82) is 0 Å². The van der Waals surface area contributed by atoms with E-state index in [-0.39, 0.29) is 4.90 Å². The highest BCUT2D eigenvalue weighted by molar-refractivity contribution is 7.89. The highest BCUT2D eigenvalue weighted by Gasteiger charge is 2.27. The molecule has 5 nitrogen and oxygen atoms in total. The van der Waals surface area contributed by atoms with Crippen molar-refractivity contribution in [3.8, 4) is 0 Å². The molecule has 0 radical (unpaired) electrons. The van der Waals surface area contributed by atoms with Gasteiger partial charge in [0.05, 0.1) is 4.90 Å². The highest BCUT2D eigenvalue weighted by Crippen LogP contribution is 2.15. The number of hydrogen-bond acceptors (Lipinski definition) is 3. The van der Waals surface area contributed by atoms with E-state index in [0.29, 0.717) is 0 Å². The fraction of sp³-hybridized carbons (Fsp3) is 0.300. The van der Waals surface area contributed by atoms with Crippen molar-refractivity contribution in [3.63, 3.8) is 0 Å². The third-order valence-corrected chi connectivity index (χ3v) is 4.32. The topological polar surface area (TPSA) is 80.5 Å². The van der Waals surface area contributed by atoms with Crippen molar-refractivity contribution in [2.24, 2.45) is 5.73 Å². The van der Waals surface area contributed by atoms with Crippen LogP contribution < -0.4 is 5.73 Å². The smallest absolute Gasteiger partial charge is 0.243 e. The summed E-state index contributed by atoms with van der Waals surface area (Å²) >= 11 is 0. The third-order valence-electron chi connectivity index (χ3n) is 2.38. The van der Waals surface area contributed by atoms with Gasteiger partial charge in [-0.25, -0.2) is 8.42 Å². The summed E-state index contributed by atoms with van der Waals surface area (Å²) in [6, 6.07) is 7.03. The van der Waals surface area contributed by atoms with Gasteiger partial charge in [-0.3, -0.25) is 4.79 Å². The number of rotatable bonds is 4. The van der Waals surface area contributed by atoms with E-state index in [2.05, 4.69) is 0 Å². The number of sulfonamides is 1. The van der Waals surface area contributed by atoms with Gasteiger partial charge in [0, 0.05) is 7.05 Å². The molecule has 1 rings (SSSR count). The fourth-order valence-corrected chi connectivity index (χ4v) is 2.50. The number of carbonyl (C=O) groups excluding carboxylic acids is 1. The number of carbonyl (C=O) groups is 1. The minimum Gasteiger partial charge on any atom is -0.368 e. The predicted molar refractivity (Wildman–Crippen MR) is 60.0 cm³/mol. The number of primary amides is 1. The van der Waals surface area contributed by atoms with Crippen molar-refractivity contribution in [2.45, 2.75) is 17.9 Å². The first-order valence-corrected chi connectivity index (χ1v) is 6.14. The largest absolute Gasteiger partial charge is 0.368 e. The molecule has 2 N–H and O–H groups in total. The molecule has 0 heterocycles. The zero-order valence-electron chi connectivity index (χ0n) is 9.12. The van der Waals surface area contributed by atoms with E-state index in [9.17, 15) is 13.2 Å². The highest BCUT2D eigenvalue weighted by atomic mass is 32.2. The summed E-state index contributed by atoms with van der Waals surface area (Å²) < 4.78 is 25.0. The van der Waals surface area contributed by atoms with Crippen molar-refractivity contribution in [3.05, 3.63) is 30.3 Å². The van der Waals surface area contributed by atoms with Gasteiger partial charge in [-0.1, -0.05) is 18.2 Å². The maximum Gasteiger partial charge on any atom is 0.243 e. The second kappa shape index (κ2) is 4.63. The van der Waals surface area contributed by atoms with Crippen LogP contribution in [0.25, 0.3) is 0 Å². The average Bonchev–Trinajstić information content (AvgIpc) is 2.28. The second-order valence-electron chi connectivity index (χ2n) is 3.41. The Hall–Kier alpha value is -1.40. The van der Waals surface area contributed by atoms with Crippen molar-refractivity contribution in [1.82, 2.24) is 4.31 Å². The van der Waals surface area contributed by atoms with E-state index in [1.807, 2.05) is 0 Å². The van der Waals surface area contributed by atoms with Gasteiger partial charge in [0.2, 0.25) is 15.9 Å². The van der Waals surface area contributed by atoms with E-state index in [1.54, 1.807) is 18.2 Å². The molecule has 88 valence electrons. The number of amides is 1. The minimum absolute atomic E-state index is 0.144. The lowest BCUT2D eigenvalue weighted by atomic mass is 10.3. The Bertz CT molecular complexity index is 470. The van der Waals surface area contributed by atoms with Crippen LogP contribution in [0.3, 0.4) is 0 Å². The summed E-state index contributed by atoms with van der Waals surface area (Å²) in [5.74, 6) is -0.679. The Kier molecular flexibility index (Phi) is 3.66. The first-order chi connectivity index (χ1) is 7.37. The molecule has 0 aliphatic heterocycles. The zero-order valence-corrected chi connectivity index (χ0v) is 9.94. The lowest BCUT2D eigenvalue weighted by Crippen LogP contribution is -2.43. The molecule has 1 aromatic rings. The molecule has 6 heteroatoms. The Morgan fingerprint density at radius 3 is 2.25 bits per heavy atom. The molecule has 0 aromatic heterocycles. The van der Waals surface area contributed by atoms with Crippen molar-refractivity contribution >= 4 is 15.9 Å². The molecule has 0 saturated carbocycles. The van der Waals surface area contributed by atoms with Crippen LogP contribution in [0, 0.1) is 0 Å². The van der Waals surface area contributed by atoms with Crippen LogP contribution in [0.4, 0.5) is 0 Å². The molecule has 0 saturated heterocycles. The molecule has 0 aliphatic carbocycles. The van der Waals surface area contributed by atoms with Gasteiger partial charge in [-0.2, -0.15) is 4.31 Å². The summed E-state index contributed by atoms with van der Waals surface area (Å²) in [5, 5.41) is 0. The van der Waals surface area contributed by atoms with Gasteiger partial charge in [0.15, 0.2) is 0 Å². The normalized spacial score (nSPS) is 13.7. The Morgan fingerprint density at radius 2 is 1.81 bits per heavy atom. The molecule has 0 bridgehead atoms. The van der Waals surface area contributed by atoms with E-state index in [4.69, 9.17) is 5.73 Å². The van der Waals surface area contributed by atoms with E-state index in [1.165, 1.54) is 26.1 Å². The Balaban J connectivity index is 3.09. The van der Waals surface area contributed by atoms with Crippen LogP contribution in [-0.2, 0) is 14.8 Å². The maximum atomic E-state index is 12.0. The third kappa shape index (κ3) is 2.40. The van der Waals surface area contributed by atoms with Gasteiger partial charge in [-0.05, 0) is 19.1 Å². The molecule has 1 atom stereocenters. The van der Waals surface area contributed by atoms with Crippen LogP contribution >= 0.6 is 0 Å². The first kappa shape index (κ1) is 12.7. The van der Waals surface area contributed by atoms with Gasteiger partial charge in [0.25, 0.3) is 0 Å². The first-order valence-electron chi connectivity index (χ1n) is 4.69. The number of hydrogen-bond donors (Lipinski definition) is 1. The summed E-state index contributed by atoms with van der Waals surface area (Å²) in [6.45, 7) is 1.45. The van der Waals surface area contributed by atoms with Gasteiger partial charge < -0.3 is 5.73 Å². The average molecular weight is 242 g/mol. The van der Waals surface area contributed by atoms with Crippen LogP contribution in [0.1, 0.15) is 6.92 Å². The van der Waals surface area contributed by atoms with Crippen LogP contribution in [0.5, 0.6) is 0 Å². The Morgan fingerprint density at radius 1 is 1.31 bits per heavy atom. The number of nitrogens with two attached hydrogens (primary N) is 1. The van der Waals surface area contributed by atoms with Gasteiger partial charge in [0.1, 0.15) is 6.04 Å². The standard InChI is InChI=1S/C10H14N2O3S/c1-8(10(11)13)12(2)16(14,15)9-6-4-3-5-7-9/h3-8H,1-2H3,(H2,11,13)/t8-/m0/s1. The molecule has 0 unspecified atom stereocenters. The van der Waals surface area contributed by atoms with Crippen LogP contribution in [-0.4, -0.2) is 31.7 Å². The molecule has 0 spiro atoms. The molecule has 1 aromatic carbocycles. The summed E-state index contributed by atoms with van der Waals surface area (Å²) in [7, 11) is -2.32. The molecule has 0 aliphatic rings. The number of likely N-dealkylation sites (N-methyl/N-ethyl adjacent to an activating group) is 1. The second-order valence-corrected chi connectivity index (χ2v) is 5.41. The van der Waals surface area contributed by atoms with E-state index in [0.717, 1.165) is 4.31 Å². The van der Waals surface area contributed by atoms with Crippen molar-refractivity contribution < 1.29 is 13.2 Å². The molecular formula is C10H14N2O3S. The van der Waals surface area contributed by atoms with E-state index >= 15 is 0 Å². The molecule has 0 fully saturated rings. The lowest BCUT2D eigenvalue weighted by Gasteiger charge is -2.21. The number of nitrogens with zero attached hydrogens (tertiary/aromatic N) is 1. The van der Waals surface area contributed by atoms with Crippen LogP contribution in [0.2, 0.25) is 0 Å².